The predicted molar refractivity (Wildman–Crippen MR) is 178 cm³/mol. The normalized spacial score (nSPS) is 24.4. The third-order valence-electron chi connectivity index (χ3n) is 10.0. The van der Waals surface area contributed by atoms with E-state index in [4.69, 9.17) is 9.47 Å². The highest BCUT2D eigenvalue weighted by atomic mass is 28.4. The number of nitrogens with zero attached hydrogens (tertiary/aromatic N) is 5. The monoisotopic (exact) mass is 653 g/mol. The fourth-order valence-electron chi connectivity index (χ4n) is 7.86. The lowest BCUT2D eigenvalue weighted by molar-refractivity contribution is -0.145. The molecule has 0 bridgehead atoms. The van der Waals surface area contributed by atoms with Crippen LogP contribution in [0.15, 0.2) is 79.0 Å². The zero-order chi connectivity index (χ0) is 33.1. The zero-order valence-corrected chi connectivity index (χ0v) is 27.9. The maximum Gasteiger partial charge on any atom is 0.269 e. The first kappa shape index (κ1) is 31.2. The van der Waals surface area contributed by atoms with Crippen LogP contribution in [0.3, 0.4) is 0 Å². The Balaban J connectivity index is 1.21. The van der Waals surface area contributed by atoms with Crippen molar-refractivity contribution in [2.24, 2.45) is 5.92 Å². The first-order chi connectivity index (χ1) is 22.5. The molecule has 12 heteroatoms. The SMILES string of the molecule is C[C@H]1[C@H]([Si](C)(C)O)[C@@H](CCn2cc(C(CO)c3ccccc3)nn2)O[C@]12C(=O)N(C)c1ccc(N3C(=O)COc4ccccc43)cc12. The van der Waals surface area contributed by atoms with Gasteiger partial charge in [0.05, 0.1) is 35.7 Å². The van der Waals surface area contributed by atoms with E-state index in [9.17, 15) is 19.5 Å². The van der Waals surface area contributed by atoms with Gasteiger partial charge in [0.1, 0.15) is 5.75 Å². The number of rotatable bonds is 8. The first-order valence-electron chi connectivity index (χ1n) is 16.0. The number of anilines is 3. The zero-order valence-electron chi connectivity index (χ0n) is 26.9. The molecular weight excluding hydrogens is 614 g/mol. The van der Waals surface area contributed by atoms with Crippen LogP contribution < -0.4 is 14.5 Å². The van der Waals surface area contributed by atoms with Gasteiger partial charge in [-0.1, -0.05) is 54.6 Å². The van der Waals surface area contributed by atoms with Gasteiger partial charge >= 0.3 is 0 Å². The fourth-order valence-corrected chi connectivity index (χ4v) is 10.5. The number of fused-ring (bicyclic) bond motifs is 3. The molecule has 0 saturated carbocycles. The van der Waals surface area contributed by atoms with Crippen molar-refractivity contribution >= 4 is 37.2 Å². The summed E-state index contributed by atoms with van der Waals surface area (Å²) >= 11 is 0. The van der Waals surface area contributed by atoms with Crippen molar-refractivity contribution in [1.29, 1.82) is 0 Å². The van der Waals surface area contributed by atoms with Crippen LogP contribution in [0.1, 0.15) is 36.1 Å². The molecule has 2 amide bonds. The van der Waals surface area contributed by atoms with Crippen LogP contribution in [0.5, 0.6) is 5.75 Å². The van der Waals surface area contributed by atoms with Crippen LogP contribution in [0.2, 0.25) is 18.6 Å². The van der Waals surface area contributed by atoms with Crippen molar-refractivity contribution in [3.05, 3.63) is 95.8 Å². The minimum atomic E-state index is -2.88. The Bertz CT molecular complexity index is 1830. The van der Waals surface area contributed by atoms with Crippen molar-refractivity contribution in [2.45, 2.75) is 56.1 Å². The van der Waals surface area contributed by atoms with Gasteiger partial charge in [-0.3, -0.25) is 19.2 Å². The molecule has 3 aromatic carbocycles. The number of carbonyl (C=O) groups excluding carboxylic acids is 2. The number of likely N-dealkylation sites (N-methyl/N-ethyl adjacent to an activating group) is 1. The van der Waals surface area contributed by atoms with E-state index in [1.807, 2.05) is 99.0 Å². The summed E-state index contributed by atoms with van der Waals surface area (Å²) in [4.78, 5) is 42.4. The van der Waals surface area contributed by atoms with Crippen LogP contribution in [-0.4, -0.2) is 71.4 Å². The van der Waals surface area contributed by atoms with Crippen molar-refractivity contribution < 1.29 is 29.0 Å². The second kappa shape index (κ2) is 11.7. The molecule has 4 heterocycles. The van der Waals surface area contributed by atoms with Crippen LogP contribution >= 0.6 is 0 Å². The van der Waals surface area contributed by atoms with Gasteiger partial charge in [0.25, 0.3) is 11.8 Å². The van der Waals surface area contributed by atoms with Crippen molar-refractivity contribution in [2.75, 3.05) is 30.1 Å². The summed E-state index contributed by atoms with van der Waals surface area (Å²) < 4.78 is 14.3. The predicted octanol–water partition coefficient (Wildman–Crippen LogP) is 4.32. The number of amides is 2. The molecular formula is C35H39N5O6Si. The lowest BCUT2D eigenvalue weighted by Crippen LogP contribution is -2.45. The Morgan fingerprint density at radius 1 is 1.04 bits per heavy atom. The molecule has 4 aromatic rings. The standard InChI is InChI=1S/C35H39N5O6Si/c1-22-33(47(3,4)44)31(16-17-39-19-27(36-37-39)25(20-41)23-10-6-5-7-11-23)46-35(22)26-18-24(14-15-28(26)38(2)34(35)43)40-29-12-8-9-13-30(29)45-21-32(40)42/h5-15,18-19,22,25,31,33,41,44H,16-17,20-21H2,1-4H3/t22-,25?,31+,33-,35+/m0/s1. The summed E-state index contributed by atoms with van der Waals surface area (Å²) in [5.74, 6) is -0.428. The van der Waals surface area contributed by atoms with E-state index in [1.54, 1.807) is 21.5 Å². The Morgan fingerprint density at radius 3 is 2.53 bits per heavy atom. The highest BCUT2D eigenvalue weighted by Gasteiger charge is 2.65. The molecule has 0 radical (unpaired) electrons. The summed E-state index contributed by atoms with van der Waals surface area (Å²) in [7, 11) is -1.13. The van der Waals surface area contributed by atoms with Gasteiger partial charge in [-0.25, -0.2) is 0 Å². The lowest BCUT2D eigenvalue weighted by atomic mass is 9.82. The molecule has 1 saturated heterocycles. The van der Waals surface area contributed by atoms with Crippen molar-refractivity contribution in [3.63, 3.8) is 0 Å². The van der Waals surface area contributed by atoms with Gasteiger partial charge in [0, 0.05) is 42.5 Å². The average molecular weight is 654 g/mol. The summed E-state index contributed by atoms with van der Waals surface area (Å²) in [6.07, 6.45) is 1.89. The van der Waals surface area contributed by atoms with E-state index in [-0.39, 0.29) is 42.4 Å². The van der Waals surface area contributed by atoms with Crippen molar-refractivity contribution in [3.8, 4) is 5.75 Å². The van der Waals surface area contributed by atoms with Gasteiger partial charge in [-0.05, 0) is 55.4 Å². The Kier molecular flexibility index (Phi) is 7.78. The Morgan fingerprint density at radius 2 is 1.79 bits per heavy atom. The number of hydrogen-bond donors (Lipinski definition) is 2. The number of para-hydroxylation sites is 2. The molecule has 1 aromatic heterocycles. The smallest absolute Gasteiger partial charge is 0.269 e. The highest BCUT2D eigenvalue weighted by molar-refractivity contribution is 6.71. The molecule has 2 N–H and O–H groups in total. The number of hydrogen-bond acceptors (Lipinski definition) is 8. The average Bonchev–Trinajstić information content (AvgIpc) is 3.71. The van der Waals surface area contributed by atoms with E-state index in [0.29, 0.717) is 47.0 Å². The molecule has 1 spiro atoms. The molecule has 5 atom stereocenters. The number of carbonyl (C=O) groups is 2. The first-order valence-corrected chi connectivity index (χ1v) is 19.0. The molecule has 1 fully saturated rings. The lowest BCUT2D eigenvalue weighted by Gasteiger charge is -2.33. The topological polar surface area (TPSA) is 130 Å². The minimum absolute atomic E-state index is 0.0895. The van der Waals surface area contributed by atoms with E-state index >= 15 is 0 Å². The molecule has 11 nitrogen and oxygen atoms in total. The Labute approximate surface area is 274 Å². The third kappa shape index (κ3) is 5.07. The molecule has 1 unspecified atom stereocenters. The van der Waals surface area contributed by atoms with Crippen LogP contribution in [0.25, 0.3) is 0 Å². The van der Waals surface area contributed by atoms with Crippen LogP contribution in [0, 0.1) is 5.92 Å². The summed E-state index contributed by atoms with van der Waals surface area (Å²) in [5, 5.41) is 18.8. The van der Waals surface area contributed by atoms with Crippen molar-refractivity contribution in [1.82, 2.24) is 15.0 Å². The van der Waals surface area contributed by atoms with Gasteiger partial charge < -0.3 is 24.3 Å². The van der Waals surface area contributed by atoms with Gasteiger partial charge in [-0.2, -0.15) is 0 Å². The number of aromatic nitrogens is 3. The minimum Gasteiger partial charge on any atom is -0.482 e. The Hall–Kier alpha value is -4.36. The maximum absolute atomic E-state index is 14.3. The molecule has 3 aliphatic heterocycles. The number of aliphatic hydroxyl groups is 1. The van der Waals surface area contributed by atoms with E-state index in [0.717, 1.165) is 5.56 Å². The van der Waals surface area contributed by atoms with Crippen LogP contribution in [-0.2, 0) is 26.5 Å². The molecule has 244 valence electrons. The summed E-state index contributed by atoms with van der Waals surface area (Å²) in [6, 6.07) is 22.7. The number of aryl methyl sites for hydroxylation is 1. The van der Waals surface area contributed by atoms with Gasteiger partial charge in [0.2, 0.25) is 0 Å². The molecule has 47 heavy (non-hydrogen) atoms. The highest BCUT2D eigenvalue weighted by Crippen LogP contribution is 2.60. The van der Waals surface area contributed by atoms with E-state index < -0.39 is 20.0 Å². The van der Waals surface area contributed by atoms with E-state index in [1.165, 1.54) is 0 Å². The molecule has 7 rings (SSSR count). The van der Waals surface area contributed by atoms with E-state index in [2.05, 4.69) is 10.3 Å². The largest absolute Gasteiger partial charge is 0.482 e. The number of aliphatic hydroxyl groups excluding tert-OH is 1. The summed E-state index contributed by atoms with van der Waals surface area (Å²) in [5.41, 5.74) is 2.68. The van der Waals surface area contributed by atoms with Gasteiger partial charge in [-0.15, -0.1) is 5.10 Å². The second-order valence-corrected chi connectivity index (χ2v) is 17.2. The summed E-state index contributed by atoms with van der Waals surface area (Å²) in [6.45, 7) is 6.05. The third-order valence-corrected chi connectivity index (χ3v) is 12.5. The maximum atomic E-state index is 14.3. The van der Waals surface area contributed by atoms with Gasteiger partial charge in [0.15, 0.2) is 20.5 Å². The number of ether oxygens (including phenoxy) is 2. The van der Waals surface area contributed by atoms with Crippen LogP contribution in [0.4, 0.5) is 17.1 Å². The second-order valence-electron chi connectivity index (χ2n) is 13.3. The quantitative estimate of drug-likeness (QED) is 0.269. The fraction of sp³-hybridized carbons (Fsp3) is 0.371. The molecule has 3 aliphatic rings. The number of benzene rings is 3. The molecule has 0 aliphatic carbocycles.